The fourth-order valence-electron chi connectivity index (χ4n) is 2.74. The molecular weight excluding hydrogens is 266 g/mol. The third-order valence-electron chi connectivity index (χ3n) is 3.92. The maximum atomic E-state index is 12.3. The van der Waals surface area contributed by atoms with E-state index in [0.717, 1.165) is 19.6 Å². The van der Waals surface area contributed by atoms with Gasteiger partial charge in [0.05, 0.1) is 7.11 Å². The van der Waals surface area contributed by atoms with E-state index in [0.29, 0.717) is 23.5 Å². The Morgan fingerprint density at radius 3 is 2.67 bits per heavy atom. The number of carbonyl (C=O) groups is 1. The zero-order valence-corrected chi connectivity index (χ0v) is 12.7. The summed E-state index contributed by atoms with van der Waals surface area (Å²) in [6.07, 6.45) is 5.15. The minimum Gasteiger partial charge on any atom is -0.496 e. The number of anilines is 1. The molecule has 0 spiro atoms. The minimum atomic E-state index is -0.167. The fraction of sp³-hybridized carbons (Fsp3) is 0.562. The van der Waals surface area contributed by atoms with Crippen molar-refractivity contribution in [1.82, 2.24) is 10.2 Å². The molecule has 5 heteroatoms. The Morgan fingerprint density at radius 1 is 1.29 bits per heavy atom. The molecule has 0 aliphatic carbocycles. The second-order valence-corrected chi connectivity index (χ2v) is 5.44. The van der Waals surface area contributed by atoms with Gasteiger partial charge in [-0.05, 0) is 38.1 Å². The summed E-state index contributed by atoms with van der Waals surface area (Å²) in [6, 6.07) is 5.24. The zero-order chi connectivity index (χ0) is 15.1. The number of benzene rings is 1. The molecule has 0 radical (unpaired) electrons. The van der Waals surface area contributed by atoms with Crippen molar-refractivity contribution in [2.24, 2.45) is 0 Å². The number of hydrogen-bond donors (Lipinski definition) is 2. The lowest BCUT2D eigenvalue weighted by atomic mass is 10.1. The first-order valence-electron chi connectivity index (χ1n) is 7.65. The number of nitrogen functional groups attached to an aromatic ring is 1. The third kappa shape index (κ3) is 4.36. The summed E-state index contributed by atoms with van der Waals surface area (Å²) >= 11 is 0. The molecule has 0 unspecified atom stereocenters. The number of likely N-dealkylation sites (tertiary alicyclic amines) is 1. The minimum absolute atomic E-state index is 0.167. The maximum absolute atomic E-state index is 12.3. The molecular formula is C16H25N3O2. The van der Waals surface area contributed by atoms with Crippen molar-refractivity contribution < 1.29 is 9.53 Å². The van der Waals surface area contributed by atoms with Gasteiger partial charge in [0.1, 0.15) is 11.3 Å². The predicted octanol–water partition coefficient (Wildman–Crippen LogP) is 1.88. The van der Waals surface area contributed by atoms with Crippen LogP contribution in [0, 0.1) is 0 Å². The molecule has 2 rings (SSSR count). The van der Waals surface area contributed by atoms with Crippen LogP contribution in [0.15, 0.2) is 18.2 Å². The Hall–Kier alpha value is -1.75. The van der Waals surface area contributed by atoms with Crippen molar-refractivity contribution in [2.75, 3.05) is 39.0 Å². The van der Waals surface area contributed by atoms with E-state index >= 15 is 0 Å². The van der Waals surface area contributed by atoms with Gasteiger partial charge in [-0.2, -0.15) is 0 Å². The van der Waals surface area contributed by atoms with Crippen LogP contribution in [0.25, 0.3) is 0 Å². The summed E-state index contributed by atoms with van der Waals surface area (Å²) in [7, 11) is 1.54. The van der Waals surface area contributed by atoms with Gasteiger partial charge in [0.25, 0.3) is 5.91 Å². The lowest BCUT2D eigenvalue weighted by molar-refractivity contribution is 0.0946. The van der Waals surface area contributed by atoms with E-state index in [1.165, 1.54) is 25.7 Å². The molecule has 1 saturated heterocycles. The summed E-state index contributed by atoms with van der Waals surface area (Å²) in [5.41, 5.74) is 6.75. The van der Waals surface area contributed by atoms with Crippen LogP contribution in [-0.2, 0) is 0 Å². The van der Waals surface area contributed by atoms with Gasteiger partial charge in [0.2, 0.25) is 0 Å². The van der Waals surface area contributed by atoms with E-state index in [1.807, 2.05) is 0 Å². The second-order valence-electron chi connectivity index (χ2n) is 5.44. The maximum Gasteiger partial charge on any atom is 0.257 e. The quantitative estimate of drug-likeness (QED) is 0.813. The van der Waals surface area contributed by atoms with E-state index in [4.69, 9.17) is 10.5 Å². The monoisotopic (exact) mass is 291 g/mol. The van der Waals surface area contributed by atoms with Crippen LogP contribution < -0.4 is 15.8 Å². The highest BCUT2D eigenvalue weighted by Gasteiger charge is 2.16. The molecule has 0 bridgehead atoms. The lowest BCUT2D eigenvalue weighted by Crippen LogP contribution is -2.35. The molecule has 1 aliphatic heterocycles. The molecule has 0 aromatic heterocycles. The van der Waals surface area contributed by atoms with Crippen LogP contribution in [-0.4, -0.2) is 44.1 Å². The van der Waals surface area contributed by atoms with Crippen molar-refractivity contribution in [3.05, 3.63) is 23.8 Å². The molecule has 1 aromatic rings. The summed E-state index contributed by atoms with van der Waals surface area (Å²) in [4.78, 5) is 14.7. The fourth-order valence-corrected chi connectivity index (χ4v) is 2.74. The molecule has 1 heterocycles. The standard InChI is InChI=1S/C16H25N3O2/c1-21-14-8-6-7-13(17)15(14)16(20)18-9-12-19-10-4-2-3-5-11-19/h6-8H,2-5,9-12,17H2,1H3,(H,18,20). The molecule has 0 saturated carbocycles. The Morgan fingerprint density at radius 2 is 2.00 bits per heavy atom. The number of amides is 1. The summed E-state index contributed by atoms with van der Waals surface area (Å²) in [6.45, 7) is 3.79. The highest BCUT2D eigenvalue weighted by Crippen LogP contribution is 2.23. The third-order valence-corrected chi connectivity index (χ3v) is 3.92. The van der Waals surface area contributed by atoms with Gasteiger partial charge in [-0.1, -0.05) is 18.9 Å². The van der Waals surface area contributed by atoms with Crippen LogP contribution in [0.1, 0.15) is 36.0 Å². The summed E-state index contributed by atoms with van der Waals surface area (Å²) < 4.78 is 5.21. The Labute approximate surface area is 126 Å². The van der Waals surface area contributed by atoms with Gasteiger partial charge in [0.15, 0.2) is 0 Å². The molecule has 21 heavy (non-hydrogen) atoms. The predicted molar refractivity (Wildman–Crippen MR) is 84.6 cm³/mol. The summed E-state index contributed by atoms with van der Waals surface area (Å²) in [5.74, 6) is 0.349. The van der Waals surface area contributed by atoms with Crippen LogP contribution in [0.4, 0.5) is 5.69 Å². The first-order valence-corrected chi connectivity index (χ1v) is 7.65. The molecule has 1 amide bonds. The van der Waals surface area contributed by atoms with Crippen molar-refractivity contribution in [2.45, 2.75) is 25.7 Å². The summed E-state index contributed by atoms with van der Waals surface area (Å²) in [5, 5.41) is 2.94. The van der Waals surface area contributed by atoms with E-state index in [1.54, 1.807) is 25.3 Å². The van der Waals surface area contributed by atoms with Crippen LogP contribution in [0.5, 0.6) is 5.75 Å². The van der Waals surface area contributed by atoms with Gasteiger partial charge >= 0.3 is 0 Å². The van der Waals surface area contributed by atoms with E-state index < -0.39 is 0 Å². The number of methoxy groups -OCH3 is 1. The molecule has 3 N–H and O–H groups in total. The molecule has 0 atom stereocenters. The highest BCUT2D eigenvalue weighted by molar-refractivity contribution is 6.01. The Balaban J connectivity index is 1.87. The van der Waals surface area contributed by atoms with Crippen molar-refractivity contribution in [3.63, 3.8) is 0 Å². The molecule has 1 aliphatic rings. The molecule has 1 fully saturated rings. The van der Waals surface area contributed by atoms with Crippen molar-refractivity contribution in [3.8, 4) is 5.75 Å². The first-order chi connectivity index (χ1) is 10.2. The zero-order valence-electron chi connectivity index (χ0n) is 12.7. The van der Waals surface area contributed by atoms with Gasteiger partial charge in [-0.3, -0.25) is 4.79 Å². The van der Waals surface area contributed by atoms with Crippen molar-refractivity contribution in [1.29, 1.82) is 0 Å². The van der Waals surface area contributed by atoms with Crippen LogP contribution in [0.3, 0.4) is 0 Å². The smallest absolute Gasteiger partial charge is 0.257 e. The number of nitrogens with two attached hydrogens (primary N) is 1. The van der Waals surface area contributed by atoms with E-state index in [9.17, 15) is 4.79 Å². The number of carbonyl (C=O) groups excluding carboxylic acids is 1. The van der Waals surface area contributed by atoms with E-state index in [2.05, 4.69) is 10.2 Å². The normalized spacial score (nSPS) is 16.2. The average Bonchev–Trinajstić information content (AvgIpc) is 2.75. The molecule has 116 valence electrons. The topological polar surface area (TPSA) is 67.6 Å². The van der Waals surface area contributed by atoms with Gasteiger partial charge in [-0.25, -0.2) is 0 Å². The number of rotatable bonds is 5. The van der Waals surface area contributed by atoms with Crippen LogP contribution >= 0.6 is 0 Å². The van der Waals surface area contributed by atoms with Crippen molar-refractivity contribution >= 4 is 11.6 Å². The first kappa shape index (κ1) is 15.6. The van der Waals surface area contributed by atoms with Gasteiger partial charge in [-0.15, -0.1) is 0 Å². The Kier molecular flexibility index (Phi) is 5.87. The van der Waals surface area contributed by atoms with Gasteiger partial charge in [0, 0.05) is 18.8 Å². The molecule has 5 nitrogen and oxygen atoms in total. The number of hydrogen-bond acceptors (Lipinski definition) is 4. The lowest BCUT2D eigenvalue weighted by Gasteiger charge is -2.20. The van der Waals surface area contributed by atoms with Gasteiger partial charge < -0.3 is 20.7 Å². The number of nitrogens with zero attached hydrogens (tertiary/aromatic N) is 1. The number of ether oxygens (including phenoxy) is 1. The van der Waals surface area contributed by atoms with Crippen LogP contribution in [0.2, 0.25) is 0 Å². The average molecular weight is 291 g/mol. The molecule has 1 aromatic carbocycles. The SMILES string of the molecule is COc1cccc(N)c1C(=O)NCCN1CCCCCC1. The highest BCUT2D eigenvalue weighted by atomic mass is 16.5. The Bertz CT molecular complexity index is 469. The van der Waals surface area contributed by atoms with E-state index in [-0.39, 0.29) is 5.91 Å². The largest absolute Gasteiger partial charge is 0.496 e. The second kappa shape index (κ2) is 7.88. The number of nitrogens with one attached hydrogen (secondary N) is 1.